The molecule has 18 heavy (non-hydrogen) atoms. The molecule has 2 N–H and O–H groups in total. The minimum atomic E-state index is -0.471. The number of aromatic nitrogens is 2. The van der Waals surface area contributed by atoms with Gasteiger partial charge in [-0.1, -0.05) is 12.1 Å². The number of ether oxygens (including phenoxy) is 1. The van der Waals surface area contributed by atoms with Gasteiger partial charge in [0.2, 0.25) is 0 Å². The molecule has 0 fully saturated rings. The van der Waals surface area contributed by atoms with Crippen molar-refractivity contribution in [1.29, 1.82) is 0 Å². The molecule has 1 atom stereocenters. The van der Waals surface area contributed by atoms with Crippen molar-refractivity contribution in [1.82, 2.24) is 10.2 Å². The zero-order valence-corrected chi connectivity index (χ0v) is 10.3. The molecule has 1 aromatic carbocycles. The number of benzene rings is 1. The standard InChI is InChI=1S/C13H15N3O2/c1-9(18-2)13(17)15-11-5-3-4-10(8-11)12-6-7-14-16-12/h3-9H,1-2H3,(H,14,16)(H,15,17). The van der Waals surface area contributed by atoms with E-state index in [0.29, 0.717) is 0 Å². The van der Waals surface area contributed by atoms with Crippen LogP contribution in [0.4, 0.5) is 5.69 Å². The lowest BCUT2D eigenvalue weighted by atomic mass is 10.1. The van der Waals surface area contributed by atoms with Gasteiger partial charge >= 0.3 is 0 Å². The molecule has 0 spiro atoms. The van der Waals surface area contributed by atoms with E-state index in [1.165, 1.54) is 7.11 Å². The number of hydrogen-bond acceptors (Lipinski definition) is 3. The molecular weight excluding hydrogens is 230 g/mol. The molecular formula is C13H15N3O2. The number of carbonyl (C=O) groups is 1. The van der Waals surface area contributed by atoms with Gasteiger partial charge in [-0.05, 0) is 25.1 Å². The third-order valence-electron chi connectivity index (χ3n) is 2.66. The first-order chi connectivity index (χ1) is 8.70. The van der Waals surface area contributed by atoms with E-state index in [1.54, 1.807) is 13.1 Å². The van der Waals surface area contributed by atoms with Crippen LogP contribution in [-0.4, -0.2) is 29.3 Å². The monoisotopic (exact) mass is 245 g/mol. The van der Waals surface area contributed by atoms with Gasteiger partial charge in [0.25, 0.3) is 5.91 Å². The van der Waals surface area contributed by atoms with Gasteiger partial charge in [0.1, 0.15) is 6.10 Å². The molecule has 0 aliphatic heterocycles. The highest BCUT2D eigenvalue weighted by Gasteiger charge is 2.11. The summed E-state index contributed by atoms with van der Waals surface area (Å²) >= 11 is 0. The molecule has 0 saturated carbocycles. The molecule has 0 saturated heterocycles. The lowest BCUT2D eigenvalue weighted by Gasteiger charge is -2.11. The number of hydrogen-bond donors (Lipinski definition) is 2. The van der Waals surface area contributed by atoms with Crippen LogP contribution < -0.4 is 5.32 Å². The van der Waals surface area contributed by atoms with Crippen molar-refractivity contribution in [2.75, 3.05) is 12.4 Å². The first-order valence-electron chi connectivity index (χ1n) is 5.64. The summed E-state index contributed by atoms with van der Waals surface area (Å²) in [6.45, 7) is 1.70. The Morgan fingerprint density at radius 1 is 1.44 bits per heavy atom. The Balaban J connectivity index is 2.16. The summed E-state index contributed by atoms with van der Waals surface area (Å²) in [4.78, 5) is 11.7. The summed E-state index contributed by atoms with van der Waals surface area (Å²) in [5.74, 6) is -0.167. The summed E-state index contributed by atoms with van der Waals surface area (Å²) in [5, 5.41) is 9.58. The summed E-state index contributed by atoms with van der Waals surface area (Å²) in [7, 11) is 1.51. The molecule has 5 nitrogen and oxygen atoms in total. The third-order valence-corrected chi connectivity index (χ3v) is 2.66. The van der Waals surface area contributed by atoms with Gasteiger partial charge in [0.15, 0.2) is 0 Å². The van der Waals surface area contributed by atoms with Crippen LogP contribution in [-0.2, 0) is 9.53 Å². The number of aromatic amines is 1. The number of methoxy groups -OCH3 is 1. The van der Waals surface area contributed by atoms with Crippen molar-refractivity contribution in [3.63, 3.8) is 0 Å². The molecule has 1 heterocycles. The van der Waals surface area contributed by atoms with Crippen molar-refractivity contribution in [3.05, 3.63) is 36.5 Å². The minimum Gasteiger partial charge on any atom is -0.372 e. The van der Waals surface area contributed by atoms with Gasteiger partial charge < -0.3 is 10.1 Å². The Bertz CT molecular complexity index is 523. The fraction of sp³-hybridized carbons (Fsp3) is 0.231. The molecule has 1 aromatic heterocycles. The Morgan fingerprint density at radius 3 is 2.94 bits per heavy atom. The van der Waals surface area contributed by atoms with E-state index >= 15 is 0 Å². The van der Waals surface area contributed by atoms with Crippen LogP contribution in [0.15, 0.2) is 36.5 Å². The fourth-order valence-electron chi connectivity index (χ4n) is 1.53. The second-order valence-electron chi connectivity index (χ2n) is 3.92. The maximum absolute atomic E-state index is 11.7. The van der Waals surface area contributed by atoms with E-state index in [2.05, 4.69) is 15.5 Å². The van der Waals surface area contributed by atoms with Crippen molar-refractivity contribution in [3.8, 4) is 11.3 Å². The average Bonchev–Trinajstić information content (AvgIpc) is 2.92. The summed E-state index contributed by atoms with van der Waals surface area (Å²) in [5.41, 5.74) is 2.61. The molecule has 0 aliphatic carbocycles. The van der Waals surface area contributed by atoms with Gasteiger partial charge in [0, 0.05) is 24.6 Å². The molecule has 5 heteroatoms. The molecule has 0 radical (unpaired) electrons. The summed E-state index contributed by atoms with van der Waals surface area (Å²) in [6, 6.07) is 9.42. The molecule has 94 valence electrons. The molecule has 0 bridgehead atoms. The number of rotatable bonds is 4. The fourth-order valence-corrected chi connectivity index (χ4v) is 1.53. The SMILES string of the molecule is COC(C)C(=O)Nc1cccc(-c2ccn[nH]2)c1. The van der Waals surface area contributed by atoms with Crippen molar-refractivity contribution in [2.24, 2.45) is 0 Å². The first kappa shape index (κ1) is 12.3. The number of nitrogens with zero attached hydrogens (tertiary/aromatic N) is 1. The van der Waals surface area contributed by atoms with E-state index in [9.17, 15) is 4.79 Å². The normalized spacial score (nSPS) is 12.1. The van der Waals surface area contributed by atoms with Crippen molar-refractivity contribution < 1.29 is 9.53 Å². The Hall–Kier alpha value is -2.14. The van der Waals surface area contributed by atoms with Crippen molar-refractivity contribution in [2.45, 2.75) is 13.0 Å². The highest BCUT2D eigenvalue weighted by Crippen LogP contribution is 2.20. The van der Waals surface area contributed by atoms with E-state index in [4.69, 9.17) is 4.74 Å². The third kappa shape index (κ3) is 2.75. The molecule has 1 unspecified atom stereocenters. The number of anilines is 1. The predicted octanol–water partition coefficient (Wildman–Crippen LogP) is 2.05. The van der Waals surface area contributed by atoms with E-state index in [-0.39, 0.29) is 5.91 Å². The van der Waals surface area contributed by atoms with Gasteiger partial charge in [-0.2, -0.15) is 5.10 Å². The zero-order valence-electron chi connectivity index (χ0n) is 10.3. The van der Waals surface area contributed by atoms with Gasteiger partial charge in [-0.15, -0.1) is 0 Å². The van der Waals surface area contributed by atoms with Crippen LogP contribution in [0.2, 0.25) is 0 Å². The van der Waals surface area contributed by atoms with Crippen LogP contribution in [0.3, 0.4) is 0 Å². The first-order valence-corrected chi connectivity index (χ1v) is 5.64. The number of carbonyl (C=O) groups excluding carboxylic acids is 1. The molecule has 1 amide bonds. The number of H-pyrrole nitrogens is 1. The van der Waals surface area contributed by atoms with Gasteiger partial charge in [-0.3, -0.25) is 9.89 Å². The second kappa shape index (κ2) is 5.46. The highest BCUT2D eigenvalue weighted by atomic mass is 16.5. The largest absolute Gasteiger partial charge is 0.372 e. The van der Waals surface area contributed by atoms with Crippen LogP contribution in [0.25, 0.3) is 11.3 Å². The van der Waals surface area contributed by atoms with Crippen molar-refractivity contribution >= 4 is 11.6 Å². The van der Waals surface area contributed by atoms with Crippen LogP contribution in [0.1, 0.15) is 6.92 Å². The minimum absolute atomic E-state index is 0.167. The summed E-state index contributed by atoms with van der Waals surface area (Å²) < 4.78 is 4.96. The topological polar surface area (TPSA) is 67.0 Å². The van der Waals surface area contributed by atoms with E-state index in [0.717, 1.165) is 16.9 Å². The van der Waals surface area contributed by atoms with Gasteiger partial charge in [-0.25, -0.2) is 0 Å². The Kier molecular flexibility index (Phi) is 3.74. The highest BCUT2D eigenvalue weighted by molar-refractivity contribution is 5.94. The number of nitrogens with one attached hydrogen (secondary N) is 2. The van der Waals surface area contributed by atoms with Crippen LogP contribution in [0, 0.1) is 0 Å². The lowest BCUT2D eigenvalue weighted by molar-refractivity contribution is -0.124. The molecule has 2 aromatic rings. The van der Waals surface area contributed by atoms with Crippen LogP contribution in [0.5, 0.6) is 0 Å². The van der Waals surface area contributed by atoms with Crippen LogP contribution >= 0.6 is 0 Å². The predicted molar refractivity (Wildman–Crippen MR) is 69.1 cm³/mol. The van der Waals surface area contributed by atoms with Gasteiger partial charge in [0.05, 0.1) is 5.69 Å². The average molecular weight is 245 g/mol. The summed E-state index contributed by atoms with van der Waals surface area (Å²) in [6.07, 6.45) is 1.22. The molecule has 0 aliphatic rings. The zero-order chi connectivity index (χ0) is 13.0. The van der Waals surface area contributed by atoms with E-state index < -0.39 is 6.10 Å². The lowest BCUT2D eigenvalue weighted by Crippen LogP contribution is -2.26. The smallest absolute Gasteiger partial charge is 0.253 e. The second-order valence-corrected chi connectivity index (χ2v) is 3.92. The Morgan fingerprint density at radius 2 is 2.28 bits per heavy atom. The number of amides is 1. The van der Waals surface area contributed by atoms with E-state index in [1.807, 2.05) is 30.3 Å². The Labute approximate surface area is 105 Å². The molecule has 2 rings (SSSR count). The maximum Gasteiger partial charge on any atom is 0.253 e. The quantitative estimate of drug-likeness (QED) is 0.866. The maximum atomic E-state index is 11.7.